The lowest BCUT2D eigenvalue weighted by molar-refractivity contribution is -0.104. The normalized spacial score (nSPS) is 9.85. The number of carbonyl (C=O) groups is 1. The molecule has 0 aromatic heterocycles. The molecule has 64 valence electrons. The molecule has 0 unspecified atom stereocenters. The molecule has 0 aliphatic rings. The van der Waals surface area contributed by atoms with Gasteiger partial charge in [0.2, 0.25) is 0 Å². The minimum Gasteiger partial charge on any atom is -0.299 e. The van der Waals surface area contributed by atoms with E-state index >= 15 is 0 Å². The number of hydrogen-bond acceptors (Lipinski definition) is 2. The number of carbonyl (C=O) groups excluding carboxylic acids is 1. The van der Waals surface area contributed by atoms with Crippen LogP contribution < -0.4 is 0 Å². The van der Waals surface area contributed by atoms with Gasteiger partial charge in [-0.25, -0.2) is 0 Å². The zero-order valence-electron chi connectivity index (χ0n) is 7.32. The van der Waals surface area contributed by atoms with Crippen molar-refractivity contribution in [2.75, 3.05) is 0 Å². The van der Waals surface area contributed by atoms with Crippen molar-refractivity contribution in [2.24, 2.45) is 0 Å². The van der Waals surface area contributed by atoms with Gasteiger partial charge < -0.3 is 0 Å². The maximum Gasteiger partial charge on any atom is 0.142 e. The van der Waals surface area contributed by atoms with Gasteiger partial charge in [-0.1, -0.05) is 18.2 Å². The summed E-state index contributed by atoms with van der Waals surface area (Å²) in [5.41, 5.74) is 2.53. The van der Waals surface area contributed by atoms with Gasteiger partial charge >= 0.3 is 0 Å². The van der Waals surface area contributed by atoms with Crippen molar-refractivity contribution in [3.63, 3.8) is 0 Å². The highest BCUT2D eigenvalue weighted by atomic mass is 16.1. The van der Waals surface area contributed by atoms with Crippen molar-refractivity contribution < 1.29 is 4.79 Å². The van der Waals surface area contributed by atoms with Crippen LogP contribution in [-0.4, -0.2) is 6.29 Å². The van der Waals surface area contributed by atoms with Gasteiger partial charge in [0.1, 0.15) is 6.29 Å². The van der Waals surface area contributed by atoms with Gasteiger partial charge in [0.15, 0.2) is 0 Å². The summed E-state index contributed by atoms with van der Waals surface area (Å²) in [7, 11) is 0. The number of nitriles is 1. The molecule has 0 atom stereocenters. The second-order valence-electron chi connectivity index (χ2n) is 2.68. The van der Waals surface area contributed by atoms with Gasteiger partial charge in [-0.05, 0) is 30.2 Å². The van der Waals surface area contributed by atoms with Crippen LogP contribution in [0.15, 0.2) is 24.3 Å². The molecule has 0 saturated heterocycles. The highest BCUT2D eigenvalue weighted by Gasteiger charge is 1.95. The van der Waals surface area contributed by atoms with Crippen molar-refractivity contribution in [3.05, 3.63) is 41.0 Å². The Balaban J connectivity index is 3.04. The lowest BCUT2D eigenvalue weighted by Crippen LogP contribution is -1.82. The molecular weight excluding hydrogens is 162 g/mol. The van der Waals surface area contributed by atoms with E-state index in [1.54, 1.807) is 12.1 Å². The van der Waals surface area contributed by atoms with Crippen molar-refractivity contribution in [2.45, 2.75) is 6.92 Å². The predicted molar refractivity (Wildman–Crippen MR) is 51.0 cm³/mol. The summed E-state index contributed by atoms with van der Waals surface area (Å²) < 4.78 is 0. The number of aryl methyl sites for hydroxylation is 1. The SMILES string of the molecule is Cc1cc(C=CC=O)ccc1C#N. The Morgan fingerprint density at radius 3 is 2.77 bits per heavy atom. The molecule has 0 bridgehead atoms. The average molecular weight is 171 g/mol. The van der Waals surface area contributed by atoms with E-state index in [4.69, 9.17) is 5.26 Å². The van der Waals surface area contributed by atoms with Crippen molar-refractivity contribution >= 4 is 12.4 Å². The van der Waals surface area contributed by atoms with E-state index in [2.05, 4.69) is 6.07 Å². The molecule has 0 radical (unpaired) electrons. The molecular formula is C11H9NO. The van der Waals surface area contributed by atoms with Gasteiger partial charge in [-0.3, -0.25) is 4.79 Å². The molecule has 1 aromatic rings. The average Bonchev–Trinajstić information content (AvgIpc) is 2.15. The van der Waals surface area contributed by atoms with Gasteiger partial charge in [0.25, 0.3) is 0 Å². The molecule has 2 heteroatoms. The lowest BCUT2D eigenvalue weighted by atomic mass is 10.1. The summed E-state index contributed by atoms with van der Waals surface area (Å²) in [6.07, 6.45) is 3.87. The van der Waals surface area contributed by atoms with Crippen LogP contribution in [0.25, 0.3) is 6.08 Å². The number of aldehydes is 1. The Labute approximate surface area is 77.1 Å². The first kappa shape index (κ1) is 9.21. The van der Waals surface area contributed by atoms with E-state index in [1.165, 1.54) is 6.08 Å². The standard InChI is InChI=1S/C11H9NO/c1-9-7-10(3-2-6-13)4-5-11(9)8-12/h2-7H,1H3. The second kappa shape index (κ2) is 4.22. The van der Waals surface area contributed by atoms with E-state index in [1.807, 2.05) is 19.1 Å². The van der Waals surface area contributed by atoms with Crippen molar-refractivity contribution in [3.8, 4) is 6.07 Å². The maximum atomic E-state index is 10.0. The third-order valence-corrected chi connectivity index (χ3v) is 1.74. The second-order valence-corrected chi connectivity index (χ2v) is 2.68. The fraction of sp³-hybridized carbons (Fsp3) is 0.0909. The van der Waals surface area contributed by atoms with Crippen LogP contribution in [0.4, 0.5) is 0 Å². The summed E-state index contributed by atoms with van der Waals surface area (Å²) in [4.78, 5) is 10.0. The number of benzene rings is 1. The fourth-order valence-electron chi connectivity index (χ4n) is 1.07. The minimum absolute atomic E-state index is 0.670. The van der Waals surface area contributed by atoms with Crippen LogP contribution in [0, 0.1) is 18.3 Å². The Hall–Kier alpha value is -1.88. The first-order valence-corrected chi connectivity index (χ1v) is 3.90. The topological polar surface area (TPSA) is 40.9 Å². The smallest absolute Gasteiger partial charge is 0.142 e. The van der Waals surface area contributed by atoms with E-state index < -0.39 is 0 Å². The Morgan fingerprint density at radius 1 is 1.46 bits per heavy atom. The molecule has 2 nitrogen and oxygen atoms in total. The number of allylic oxidation sites excluding steroid dienone is 1. The Bertz CT molecular complexity index is 386. The first-order valence-electron chi connectivity index (χ1n) is 3.90. The molecule has 1 aromatic carbocycles. The van der Waals surface area contributed by atoms with E-state index in [0.29, 0.717) is 5.56 Å². The summed E-state index contributed by atoms with van der Waals surface area (Å²) >= 11 is 0. The molecule has 13 heavy (non-hydrogen) atoms. The molecule has 0 spiro atoms. The molecule has 0 aliphatic carbocycles. The quantitative estimate of drug-likeness (QED) is 0.505. The largest absolute Gasteiger partial charge is 0.299 e. The number of hydrogen-bond donors (Lipinski definition) is 0. The monoisotopic (exact) mass is 171 g/mol. The molecule has 0 heterocycles. The van der Waals surface area contributed by atoms with Crippen LogP contribution in [0.3, 0.4) is 0 Å². The third kappa shape index (κ3) is 2.28. The maximum absolute atomic E-state index is 10.0. The molecule has 0 saturated carbocycles. The summed E-state index contributed by atoms with van der Waals surface area (Å²) in [6, 6.07) is 7.52. The van der Waals surface area contributed by atoms with Gasteiger partial charge in [-0.2, -0.15) is 5.26 Å². The Morgan fingerprint density at radius 2 is 2.23 bits per heavy atom. The van der Waals surface area contributed by atoms with Crippen LogP contribution in [0.5, 0.6) is 0 Å². The minimum atomic E-state index is 0.670. The van der Waals surface area contributed by atoms with Gasteiger partial charge in [0.05, 0.1) is 11.6 Å². The van der Waals surface area contributed by atoms with Crippen LogP contribution in [0.2, 0.25) is 0 Å². The fourth-order valence-corrected chi connectivity index (χ4v) is 1.07. The molecule has 0 fully saturated rings. The highest BCUT2D eigenvalue weighted by molar-refractivity contribution is 5.74. The van der Waals surface area contributed by atoms with Crippen LogP contribution in [-0.2, 0) is 4.79 Å². The van der Waals surface area contributed by atoms with Crippen LogP contribution >= 0.6 is 0 Å². The third-order valence-electron chi connectivity index (χ3n) is 1.74. The predicted octanol–water partition coefficient (Wildman–Crippen LogP) is 2.08. The Kier molecular flexibility index (Phi) is 2.99. The van der Waals surface area contributed by atoms with Gasteiger partial charge in [0, 0.05) is 0 Å². The lowest BCUT2D eigenvalue weighted by Gasteiger charge is -1.97. The summed E-state index contributed by atoms with van der Waals surface area (Å²) in [5, 5.41) is 8.66. The zero-order chi connectivity index (χ0) is 9.68. The van der Waals surface area contributed by atoms with E-state index in [9.17, 15) is 4.79 Å². The summed E-state index contributed by atoms with van der Waals surface area (Å²) in [5.74, 6) is 0. The molecule has 1 rings (SSSR count). The number of nitrogens with zero attached hydrogens (tertiary/aromatic N) is 1. The first-order chi connectivity index (χ1) is 6.27. The number of rotatable bonds is 2. The molecule has 0 aliphatic heterocycles. The highest BCUT2D eigenvalue weighted by Crippen LogP contribution is 2.10. The molecule has 0 N–H and O–H groups in total. The van der Waals surface area contributed by atoms with E-state index in [0.717, 1.165) is 17.4 Å². The van der Waals surface area contributed by atoms with Crippen molar-refractivity contribution in [1.29, 1.82) is 5.26 Å². The van der Waals surface area contributed by atoms with Crippen molar-refractivity contribution in [1.82, 2.24) is 0 Å². The van der Waals surface area contributed by atoms with E-state index in [-0.39, 0.29) is 0 Å². The zero-order valence-corrected chi connectivity index (χ0v) is 7.32. The van der Waals surface area contributed by atoms with Crippen LogP contribution in [0.1, 0.15) is 16.7 Å². The van der Waals surface area contributed by atoms with Gasteiger partial charge in [-0.15, -0.1) is 0 Å². The summed E-state index contributed by atoms with van der Waals surface area (Å²) in [6.45, 7) is 1.87. The molecule has 0 amide bonds.